The monoisotopic (exact) mass is 262 g/mol. The zero-order valence-corrected chi connectivity index (χ0v) is 10.5. The van der Waals surface area contributed by atoms with Gasteiger partial charge in [0.15, 0.2) is 0 Å². The third-order valence-corrected chi connectivity index (χ3v) is 3.01. The van der Waals surface area contributed by atoms with Gasteiger partial charge in [-0.1, -0.05) is 35.3 Å². The molecule has 0 bridgehead atoms. The van der Waals surface area contributed by atoms with E-state index in [1.54, 1.807) is 18.3 Å². The molecule has 0 fully saturated rings. The van der Waals surface area contributed by atoms with Crippen molar-refractivity contribution in [3.05, 3.63) is 51.8 Å². The lowest BCUT2D eigenvalue weighted by Gasteiger charge is -2.09. The number of halogens is 2. The van der Waals surface area contributed by atoms with Gasteiger partial charge in [0, 0.05) is 16.8 Å². The largest absolute Gasteiger partial charge is 0.243 e. The normalized spacial score (nSPS) is 10.0. The highest BCUT2D eigenvalue weighted by Gasteiger charge is 2.12. The van der Waals surface area contributed by atoms with E-state index in [4.69, 9.17) is 28.5 Å². The summed E-state index contributed by atoms with van der Waals surface area (Å²) in [6.07, 6.45) is 1.66. The maximum Gasteiger partial charge on any atom is 0.147 e. The third-order valence-electron chi connectivity index (χ3n) is 2.47. The number of pyridine rings is 1. The van der Waals surface area contributed by atoms with Crippen molar-refractivity contribution in [3.63, 3.8) is 0 Å². The van der Waals surface area contributed by atoms with Crippen LogP contribution in [0.15, 0.2) is 30.5 Å². The summed E-state index contributed by atoms with van der Waals surface area (Å²) < 4.78 is 0. The highest BCUT2D eigenvalue weighted by atomic mass is 35.5. The van der Waals surface area contributed by atoms with Crippen molar-refractivity contribution in [1.29, 1.82) is 5.26 Å². The first-order valence-corrected chi connectivity index (χ1v) is 5.70. The Labute approximate surface area is 109 Å². The van der Waals surface area contributed by atoms with Gasteiger partial charge in [-0.25, -0.2) is 4.98 Å². The van der Waals surface area contributed by atoms with Crippen LogP contribution in [0.2, 0.25) is 10.2 Å². The Bertz CT molecular complexity index is 598. The molecule has 0 aliphatic carbocycles. The first-order chi connectivity index (χ1) is 8.13. The molecule has 0 unspecified atom stereocenters. The number of nitriles is 1. The molecular weight excluding hydrogens is 255 g/mol. The Balaban J connectivity index is 2.71. The molecule has 2 aromatic rings. The van der Waals surface area contributed by atoms with Crippen LogP contribution in [0.25, 0.3) is 11.1 Å². The summed E-state index contributed by atoms with van der Waals surface area (Å²) in [5.74, 6) is 0. The van der Waals surface area contributed by atoms with Crippen LogP contribution in [-0.2, 0) is 0 Å². The maximum absolute atomic E-state index is 9.14. The van der Waals surface area contributed by atoms with Crippen molar-refractivity contribution < 1.29 is 0 Å². The summed E-state index contributed by atoms with van der Waals surface area (Å²) in [5.41, 5.74) is 3.03. The quantitative estimate of drug-likeness (QED) is 0.721. The Morgan fingerprint density at radius 1 is 1.18 bits per heavy atom. The molecule has 0 N–H and O–H groups in total. The van der Waals surface area contributed by atoms with Crippen molar-refractivity contribution in [1.82, 2.24) is 4.98 Å². The van der Waals surface area contributed by atoms with Crippen molar-refractivity contribution in [2.45, 2.75) is 6.92 Å². The van der Waals surface area contributed by atoms with E-state index in [9.17, 15) is 0 Å². The smallest absolute Gasteiger partial charge is 0.147 e. The van der Waals surface area contributed by atoms with Crippen LogP contribution >= 0.6 is 23.2 Å². The number of rotatable bonds is 1. The predicted molar refractivity (Wildman–Crippen MR) is 69.1 cm³/mol. The predicted octanol–water partition coefficient (Wildman–Crippen LogP) is 4.24. The second-order valence-corrected chi connectivity index (χ2v) is 4.40. The standard InChI is InChI=1S/C13H8Cl2N2/c1-8-7-17-13(15)11(6-16)12(8)9-2-4-10(14)5-3-9/h2-5,7H,1H3. The number of hydrogen-bond acceptors (Lipinski definition) is 2. The van der Waals surface area contributed by atoms with Crippen LogP contribution in [0.3, 0.4) is 0 Å². The second-order valence-electron chi connectivity index (χ2n) is 3.60. The van der Waals surface area contributed by atoms with Crippen molar-refractivity contribution in [2.75, 3.05) is 0 Å². The fourth-order valence-electron chi connectivity index (χ4n) is 1.67. The third kappa shape index (κ3) is 2.26. The molecule has 1 heterocycles. The number of nitrogens with zero attached hydrogens (tertiary/aromatic N) is 2. The minimum atomic E-state index is 0.225. The Morgan fingerprint density at radius 2 is 1.82 bits per heavy atom. The summed E-state index contributed by atoms with van der Waals surface area (Å²) in [5, 5.41) is 10.0. The van der Waals surface area contributed by atoms with Gasteiger partial charge in [0.05, 0.1) is 5.56 Å². The van der Waals surface area contributed by atoms with E-state index >= 15 is 0 Å². The van der Waals surface area contributed by atoms with Gasteiger partial charge in [0.2, 0.25) is 0 Å². The number of aryl methyl sites for hydroxylation is 1. The number of aromatic nitrogens is 1. The zero-order valence-electron chi connectivity index (χ0n) is 9.04. The van der Waals surface area contributed by atoms with Crippen molar-refractivity contribution >= 4 is 23.2 Å². The minimum Gasteiger partial charge on any atom is -0.243 e. The molecule has 1 aromatic carbocycles. The van der Waals surface area contributed by atoms with Gasteiger partial charge < -0.3 is 0 Å². The lowest BCUT2D eigenvalue weighted by atomic mass is 9.98. The molecule has 0 atom stereocenters. The van der Waals surface area contributed by atoms with Gasteiger partial charge in [-0.3, -0.25) is 0 Å². The molecule has 2 nitrogen and oxygen atoms in total. The Hall–Kier alpha value is -1.56. The number of hydrogen-bond donors (Lipinski definition) is 0. The van der Waals surface area contributed by atoms with Crippen molar-refractivity contribution in [3.8, 4) is 17.2 Å². The van der Waals surface area contributed by atoms with E-state index in [-0.39, 0.29) is 5.15 Å². The fourth-order valence-corrected chi connectivity index (χ4v) is 1.99. The lowest BCUT2D eigenvalue weighted by Crippen LogP contribution is -1.92. The van der Waals surface area contributed by atoms with Gasteiger partial charge in [-0.2, -0.15) is 5.26 Å². The average molecular weight is 263 g/mol. The molecule has 0 aliphatic heterocycles. The molecule has 84 valence electrons. The summed E-state index contributed by atoms with van der Waals surface area (Å²) in [4.78, 5) is 3.97. The SMILES string of the molecule is Cc1cnc(Cl)c(C#N)c1-c1ccc(Cl)cc1. The molecule has 0 saturated heterocycles. The minimum absolute atomic E-state index is 0.225. The molecule has 0 amide bonds. The van der Waals surface area contributed by atoms with Gasteiger partial charge in [0.25, 0.3) is 0 Å². The molecule has 2 rings (SSSR count). The molecular formula is C13H8Cl2N2. The molecule has 17 heavy (non-hydrogen) atoms. The Kier molecular flexibility index (Phi) is 3.33. The highest BCUT2D eigenvalue weighted by Crippen LogP contribution is 2.30. The molecule has 0 radical (unpaired) electrons. The fraction of sp³-hybridized carbons (Fsp3) is 0.0769. The van der Waals surface area contributed by atoms with Gasteiger partial charge in [-0.05, 0) is 30.2 Å². The van der Waals surface area contributed by atoms with Crippen LogP contribution in [0, 0.1) is 18.3 Å². The summed E-state index contributed by atoms with van der Waals surface area (Å²) in [6.45, 7) is 1.90. The zero-order chi connectivity index (χ0) is 12.4. The molecule has 0 saturated carbocycles. The highest BCUT2D eigenvalue weighted by molar-refractivity contribution is 6.31. The first-order valence-electron chi connectivity index (χ1n) is 4.94. The van der Waals surface area contributed by atoms with E-state index in [1.165, 1.54) is 0 Å². The number of benzene rings is 1. The topological polar surface area (TPSA) is 36.7 Å². The summed E-state index contributed by atoms with van der Waals surface area (Å²) in [6, 6.07) is 9.38. The molecule has 1 aromatic heterocycles. The summed E-state index contributed by atoms with van der Waals surface area (Å²) in [7, 11) is 0. The van der Waals surface area contributed by atoms with E-state index in [2.05, 4.69) is 11.1 Å². The molecule has 0 spiro atoms. The summed E-state index contributed by atoms with van der Waals surface area (Å²) >= 11 is 11.8. The van der Waals surface area contributed by atoms with E-state index in [0.29, 0.717) is 10.6 Å². The van der Waals surface area contributed by atoms with E-state index < -0.39 is 0 Å². The molecule has 4 heteroatoms. The van der Waals surface area contributed by atoms with Gasteiger partial charge in [0.1, 0.15) is 11.2 Å². The van der Waals surface area contributed by atoms with Crippen LogP contribution in [-0.4, -0.2) is 4.98 Å². The Morgan fingerprint density at radius 3 is 2.41 bits per heavy atom. The van der Waals surface area contributed by atoms with E-state index in [1.807, 2.05) is 19.1 Å². The van der Waals surface area contributed by atoms with Crippen molar-refractivity contribution in [2.24, 2.45) is 0 Å². The maximum atomic E-state index is 9.14. The van der Waals surface area contributed by atoms with Gasteiger partial charge in [-0.15, -0.1) is 0 Å². The lowest BCUT2D eigenvalue weighted by molar-refractivity contribution is 1.25. The van der Waals surface area contributed by atoms with Gasteiger partial charge >= 0.3 is 0 Å². The van der Waals surface area contributed by atoms with Crippen LogP contribution in [0.1, 0.15) is 11.1 Å². The van der Waals surface area contributed by atoms with Crippen LogP contribution in [0.4, 0.5) is 0 Å². The average Bonchev–Trinajstić information content (AvgIpc) is 2.33. The molecule has 0 aliphatic rings. The van der Waals surface area contributed by atoms with Crippen LogP contribution < -0.4 is 0 Å². The van der Waals surface area contributed by atoms with E-state index in [0.717, 1.165) is 16.7 Å². The second kappa shape index (κ2) is 4.75. The van der Waals surface area contributed by atoms with Crippen LogP contribution in [0.5, 0.6) is 0 Å². The first kappa shape index (κ1) is 11.9.